The molecule has 1 aromatic rings. The van der Waals surface area contributed by atoms with Crippen molar-refractivity contribution in [1.29, 1.82) is 0 Å². The number of alkyl halides is 6. The molecule has 3 N–H and O–H groups in total. The predicted octanol–water partition coefficient (Wildman–Crippen LogP) is 1.53. The first kappa shape index (κ1) is 41.1. The van der Waals surface area contributed by atoms with Gasteiger partial charge < -0.3 is 14.7 Å². The molecular formula is C21H28F6N4O12S3. The number of nitrogens with zero attached hydrogens (tertiary/aromatic N) is 4. The molecule has 2 saturated heterocycles. The second-order valence-electron chi connectivity index (χ2n) is 9.27. The molecule has 46 heavy (non-hydrogen) atoms. The number of amides is 2. The number of aliphatic hydroxyl groups excluding tert-OH is 1. The van der Waals surface area contributed by atoms with Crippen LogP contribution in [0.3, 0.4) is 0 Å². The largest absolute Gasteiger partial charge is 0.522 e. The van der Waals surface area contributed by atoms with Gasteiger partial charge in [0.05, 0.1) is 11.5 Å². The molecule has 2 aliphatic heterocycles. The number of ether oxygens (including phenoxy) is 1. The van der Waals surface area contributed by atoms with Gasteiger partial charge in [-0.15, -0.1) is 0 Å². The standard InChI is InChI=1S/C19H26N4O6S.2CHF3O3S/c24-10-9-20-5-7-21(8-6-20)18(25)17-11-16(30)12-22(17)19(26)29-13-14-1-3-15(4-2-14)23(27)28;2*2-1(3,4)8(5,6)7/h1-4,16-17,24,30H,5-13H2;2*(H,5,6,7)/t16-,17-;;/m0../s1. The number of β-amino-alcohol motifs (C(OH)–C–C–N with tert-alkyl or cyclic N) is 1. The Bertz CT molecular complexity index is 1360. The number of thiol groups is 1. The normalized spacial score (nSPS) is 19.3. The minimum absolute atomic E-state index is 0.0349. The SMILES string of the molecule is O=C([C@@H]1C[C@H](S)CN1C(=O)OCc1ccc([N+](=O)[O-])cc1)N1CCN(CCO)CC1.O=S(=O)(O)C(F)(F)F.O=S(=O)(O)C(F)(F)F. The van der Waals surface area contributed by atoms with Crippen LogP contribution in [0.5, 0.6) is 0 Å². The van der Waals surface area contributed by atoms with Gasteiger partial charge in [0.1, 0.15) is 12.6 Å². The van der Waals surface area contributed by atoms with E-state index in [0.717, 1.165) is 0 Å². The number of halogens is 6. The van der Waals surface area contributed by atoms with Crippen LogP contribution in [0.4, 0.5) is 36.8 Å². The predicted molar refractivity (Wildman–Crippen MR) is 146 cm³/mol. The zero-order chi connectivity index (χ0) is 35.7. The van der Waals surface area contributed by atoms with Crippen molar-refractivity contribution in [3.05, 3.63) is 39.9 Å². The molecule has 264 valence electrons. The first-order valence-electron chi connectivity index (χ1n) is 12.4. The number of benzene rings is 1. The Morgan fingerprint density at radius 3 is 1.80 bits per heavy atom. The Hall–Kier alpha value is -2.97. The molecule has 0 saturated carbocycles. The number of hydrogen-bond donors (Lipinski definition) is 4. The number of carbonyl (C=O) groups excluding carboxylic acids is 2. The number of nitro benzene ring substituents is 1. The fraction of sp³-hybridized carbons (Fsp3) is 0.619. The second kappa shape index (κ2) is 16.7. The number of aliphatic hydroxyl groups is 1. The van der Waals surface area contributed by atoms with Crippen LogP contribution in [0.15, 0.2) is 24.3 Å². The van der Waals surface area contributed by atoms with E-state index in [0.29, 0.717) is 51.3 Å². The third-order valence-electron chi connectivity index (χ3n) is 5.99. The summed E-state index contributed by atoms with van der Waals surface area (Å²) >= 11 is 4.45. The van der Waals surface area contributed by atoms with E-state index in [9.17, 15) is 46.0 Å². The summed E-state index contributed by atoms with van der Waals surface area (Å²) in [6.07, 6.45) is -0.131. The van der Waals surface area contributed by atoms with Gasteiger partial charge >= 0.3 is 37.3 Å². The maximum absolute atomic E-state index is 13.0. The van der Waals surface area contributed by atoms with E-state index >= 15 is 0 Å². The fourth-order valence-corrected chi connectivity index (χ4v) is 4.11. The first-order chi connectivity index (χ1) is 20.9. The van der Waals surface area contributed by atoms with E-state index in [2.05, 4.69) is 17.5 Å². The van der Waals surface area contributed by atoms with Crippen LogP contribution in [0.1, 0.15) is 12.0 Å². The maximum Gasteiger partial charge on any atom is 0.522 e. The van der Waals surface area contributed by atoms with E-state index in [-0.39, 0.29) is 30.1 Å². The number of likely N-dealkylation sites (tertiary alicyclic amines) is 1. The maximum atomic E-state index is 13.0. The highest BCUT2D eigenvalue weighted by molar-refractivity contribution is 7.86. The molecule has 2 atom stereocenters. The third-order valence-corrected chi connectivity index (χ3v) is 7.54. The van der Waals surface area contributed by atoms with Crippen molar-refractivity contribution in [2.75, 3.05) is 45.9 Å². The zero-order valence-corrected chi connectivity index (χ0v) is 25.7. The topological polar surface area (TPSA) is 225 Å². The highest BCUT2D eigenvalue weighted by Gasteiger charge is 2.45. The highest BCUT2D eigenvalue weighted by Crippen LogP contribution is 2.26. The van der Waals surface area contributed by atoms with Crippen molar-refractivity contribution in [2.24, 2.45) is 0 Å². The molecule has 0 bridgehead atoms. The summed E-state index contributed by atoms with van der Waals surface area (Å²) in [7, 11) is -11.7. The Morgan fingerprint density at radius 1 is 0.957 bits per heavy atom. The Kier molecular flexibility index (Phi) is 14.9. The quantitative estimate of drug-likeness (QED) is 0.0813. The highest BCUT2D eigenvalue weighted by atomic mass is 32.2. The molecule has 16 nitrogen and oxygen atoms in total. The number of piperazine rings is 1. The number of non-ortho nitro benzene ring substituents is 1. The van der Waals surface area contributed by atoms with Gasteiger partial charge in [-0.25, -0.2) is 4.79 Å². The summed E-state index contributed by atoms with van der Waals surface area (Å²) in [5, 5.41) is 19.7. The average Bonchev–Trinajstić information content (AvgIpc) is 3.32. The summed E-state index contributed by atoms with van der Waals surface area (Å²) in [5.74, 6) is -0.109. The number of nitro groups is 1. The van der Waals surface area contributed by atoms with Crippen LogP contribution in [0.25, 0.3) is 0 Å². The lowest BCUT2D eigenvalue weighted by molar-refractivity contribution is -0.384. The summed E-state index contributed by atoms with van der Waals surface area (Å²) < 4.78 is 120. The average molecular weight is 739 g/mol. The van der Waals surface area contributed by atoms with Crippen molar-refractivity contribution in [3.63, 3.8) is 0 Å². The lowest BCUT2D eigenvalue weighted by atomic mass is 10.1. The molecule has 25 heteroatoms. The molecule has 0 aliphatic carbocycles. The fourth-order valence-electron chi connectivity index (χ4n) is 3.74. The monoisotopic (exact) mass is 738 g/mol. The second-order valence-corrected chi connectivity index (χ2v) is 12.8. The van der Waals surface area contributed by atoms with Crippen molar-refractivity contribution in [1.82, 2.24) is 14.7 Å². The molecule has 3 rings (SSSR count). The molecule has 2 amide bonds. The molecule has 2 heterocycles. The van der Waals surface area contributed by atoms with E-state index in [1.807, 2.05) is 0 Å². The summed E-state index contributed by atoms with van der Waals surface area (Å²) in [6, 6.07) is 5.16. The van der Waals surface area contributed by atoms with Crippen molar-refractivity contribution in [3.8, 4) is 0 Å². The Balaban J connectivity index is 0.000000545. The van der Waals surface area contributed by atoms with Crippen LogP contribution in [0.2, 0.25) is 0 Å². The third kappa shape index (κ3) is 13.0. The van der Waals surface area contributed by atoms with E-state index < -0.39 is 48.3 Å². The van der Waals surface area contributed by atoms with Crippen LogP contribution in [0, 0.1) is 10.1 Å². The minimum atomic E-state index is -5.84. The molecule has 2 fully saturated rings. The number of carbonyl (C=O) groups is 2. The van der Waals surface area contributed by atoms with Gasteiger partial charge in [-0.3, -0.25) is 33.8 Å². The van der Waals surface area contributed by atoms with Gasteiger partial charge in [0.2, 0.25) is 5.91 Å². The molecule has 0 unspecified atom stereocenters. The van der Waals surface area contributed by atoms with Crippen molar-refractivity contribution >= 4 is 50.6 Å². The van der Waals surface area contributed by atoms with E-state index in [1.54, 1.807) is 4.90 Å². The van der Waals surface area contributed by atoms with E-state index in [4.69, 9.17) is 35.8 Å². The molecule has 1 aromatic carbocycles. The lowest BCUT2D eigenvalue weighted by Gasteiger charge is -2.36. The summed E-state index contributed by atoms with van der Waals surface area (Å²) in [5.41, 5.74) is -10.5. The number of hydrogen-bond acceptors (Lipinski definition) is 12. The van der Waals surface area contributed by atoms with Crippen LogP contribution >= 0.6 is 12.6 Å². The van der Waals surface area contributed by atoms with Gasteiger partial charge in [0.25, 0.3) is 5.69 Å². The van der Waals surface area contributed by atoms with Gasteiger partial charge in [-0.2, -0.15) is 55.8 Å². The van der Waals surface area contributed by atoms with Gasteiger partial charge in [-0.1, -0.05) is 0 Å². The van der Waals surface area contributed by atoms with Crippen LogP contribution < -0.4 is 0 Å². The molecule has 0 radical (unpaired) electrons. The summed E-state index contributed by atoms with van der Waals surface area (Å²) in [6.45, 7) is 3.45. The number of rotatable bonds is 6. The molecular weight excluding hydrogens is 710 g/mol. The molecule has 2 aliphatic rings. The minimum Gasteiger partial charge on any atom is -0.445 e. The van der Waals surface area contributed by atoms with Gasteiger partial charge in [0.15, 0.2) is 0 Å². The van der Waals surface area contributed by atoms with Gasteiger partial charge in [0, 0.05) is 56.7 Å². The van der Waals surface area contributed by atoms with Crippen molar-refractivity contribution < 1.29 is 76.6 Å². The lowest BCUT2D eigenvalue weighted by Crippen LogP contribution is -2.54. The Morgan fingerprint density at radius 2 is 1.41 bits per heavy atom. The van der Waals surface area contributed by atoms with Crippen LogP contribution in [-0.4, -0.2) is 131 Å². The molecule has 0 aromatic heterocycles. The van der Waals surface area contributed by atoms with Crippen LogP contribution in [-0.2, 0) is 36.4 Å². The Labute approximate surface area is 262 Å². The summed E-state index contributed by atoms with van der Waals surface area (Å²) in [4.78, 5) is 41.1. The molecule has 0 spiro atoms. The van der Waals surface area contributed by atoms with Gasteiger partial charge in [-0.05, 0) is 24.1 Å². The zero-order valence-electron chi connectivity index (χ0n) is 23.2. The smallest absolute Gasteiger partial charge is 0.445 e. The van der Waals surface area contributed by atoms with Crippen molar-refractivity contribution in [2.45, 2.75) is 35.3 Å². The first-order valence-corrected chi connectivity index (χ1v) is 15.8. The van der Waals surface area contributed by atoms with E-state index in [1.165, 1.54) is 29.2 Å².